The van der Waals surface area contributed by atoms with E-state index in [1.807, 2.05) is 0 Å². The van der Waals surface area contributed by atoms with Gasteiger partial charge in [-0.2, -0.15) is 12.6 Å². The Hall–Kier alpha value is 0.0200. The van der Waals surface area contributed by atoms with E-state index >= 15 is 0 Å². The highest BCUT2D eigenvalue weighted by Gasteiger charge is 2.02. The summed E-state index contributed by atoms with van der Waals surface area (Å²) >= 11 is 3.96. The van der Waals surface area contributed by atoms with Crippen molar-refractivity contribution in [1.82, 2.24) is 0 Å². The zero-order valence-electron chi connectivity index (χ0n) is 6.05. The summed E-state index contributed by atoms with van der Waals surface area (Å²) in [6, 6.07) is 0. The van der Waals surface area contributed by atoms with Gasteiger partial charge in [-0.15, -0.1) is 0 Å². The van der Waals surface area contributed by atoms with E-state index in [4.69, 9.17) is 0 Å². The molecule has 0 amide bonds. The summed E-state index contributed by atoms with van der Waals surface area (Å²) in [5.41, 5.74) is 0. The largest absolute Gasteiger partial charge is 0.300 e. The Kier molecular flexibility index (Phi) is 4.87. The van der Waals surface area contributed by atoms with Crippen LogP contribution in [0.5, 0.6) is 0 Å². The first kappa shape index (κ1) is 9.02. The molecular weight excluding hydrogens is 132 g/mol. The van der Waals surface area contributed by atoms with Crippen LogP contribution in [-0.2, 0) is 4.79 Å². The average Bonchev–Trinajstić information content (AvgIpc) is 1.63. The molecule has 0 saturated carbocycles. The molecule has 2 heteroatoms. The van der Waals surface area contributed by atoms with E-state index in [1.54, 1.807) is 0 Å². The molecule has 0 aliphatic carbocycles. The number of ketones is 1. The van der Waals surface area contributed by atoms with E-state index in [2.05, 4.69) is 26.5 Å². The van der Waals surface area contributed by atoms with Gasteiger partial charge in [-0.1, -0.05) is 13.8 Å². The summed E-state index contributed by atoms with van der Waals surface area (Å²) in [7, 11) is 0. The van der Waals surface area contributed by atoms with E-state index in [1.165, 1.54) is 0 Å². The Morgan fingerprint density at radius 1 is 1.56 bits per heavy atom. The smallest absolute Gasteiger partial charge is 0.133 e. The van der Waals surface area contributed by atoms with Gasteiger partial charge in [0, 0.05) is 12.8 Å². The van der Waals surface area contributed by atoms with Crippen LogP contribution in [0.2, 0.25) is 0 Å². The molecule has 9 heavy (non-hydrogen) atoms. The lowest BCUT2D eigenvalue weighted by Crippen LogP contribution is -2.02. The lowest BCUT2D eigenvalue weighted by molar-refractivity contribution is -0.119. The van der Waals surface area contributed by atoms with Gasteiger partial charge in [-0.3, -0.25) is 4.79 Å². The molecule has 0 aliphatic heterocycles. The van der Waals surface area contributed by atoms with E-state index in [0.29, 0.717) is 30.3 Å². The molecule has 0 rings (SSSR count). The molecule has 1 nitrogen and oxygen atoms in total. The Morgan fingerprint density at radius 2 is 2.11 bits per heavy atom. The summed E-state index contributed by atoms with van der Waals surface area (Å²) in [6.07, 6.45) is 1.34. The lowest BCUT2D eigenvalue weighted by Gasteiger charge is -2.00. The molecule has 0 saturated heterocycles. The van der Waals surface area contributed by atoms with Gasteiger partial charge in [0.2, 0.25) is 0 Å². The topological polar surface area (TPSA) is 17.1 Å². The molecule has 0 aromatic heterocycles. The van der Waals surface area contributed by atoms with Crippen LogP contribution >= 0.6 is 12.6 Å². The molecule has 0 spiro atoms. The Balaban J connectivity index is 3.27. The summed E-state index contributed by atoms with van der Waals surface area (Å²) in [6.45, 7) is 4.10. The van der Waals surface area contributed by atoms with Gasteiger partial charge in [-0.25, -0.2) is 0 Å². The van der Waals surface area contributed by atoms with Crippen LogP contribution in [0.4, 0.5) is 0 Å². The van der Waals surface area contributed by atoms with Crippen molar-refractivity contribution in [2.24, 2.45) is 5.92 Å². The molecule has 0 radical (unpaired) electrons. The van der Waals surface area contributed by atoms with Crippen molar-refractivity contribution in [2.75, 3.05) is 5.75 Å². The number of hydrogen-bond acceptors (Lipinski definition) is 2. The molecule has 0 bridgehead atoms. The third-order valence-electron chi connectivity index (χ3n) is 1.03. The van der Waals surface area contributed by atoms with Gasteiger partial charge in [0.15, 0.2) is 0 Å². The number of carbonyl (C=O) groups excluding carboxylic acids is 1. The maximum atomic E-state index is 10.8. The Morgan fingerprint density at radius 3 is 2.44 bits per heavy atom. The SMILES string of the molecule is CC(C)CC(=O)CCS. The molecule has 0 aliphatic rings. The van der Waals surface area contributed by atoms with Gasteiger partial charge >= 0.3 is 0 Å². The molecule has 0 unspecified atom stereocenters. The van der Waals surface area contributed by atoms with Gasteiger partial charge in [0.05, 0.1) is 0 Å². The van der Waals surface area contributed by atoms with Crippen molar-refractivity contribution in [3.8, 4) is 0 Å². The minimum Gasteiger partial charge on any atom is -0.300 e. The fourth-order valence-corrected chi connectivity index (χ4v) is 0.932. The highest BCUT2D eigenvalue weighted by molar-refractivity contribution is 7.80. The fraction of sp³-hybridized carbons (Fsp3) is 0.857. The zero-order chi connectivity index (χ0) is 7.28. The van der Waals surface area contributed by atoms with Crippen molar-refractivity contribution in [3.05, 3.63) is 0 Å². The molecule has 0 fully saturated rings. The summed E-state index contributed by atoms with van der Waals surface area (Å²) in [4.78, 5) is 10.8. The highest BCUT2D eigenvalue weighted by Crippen LogP contribution is 2.02. The maximum Gasteiger partial charge on any atom is 0.133 e. The zero-order valence-corrected chi connectivity index (χ0v) is 6.95. The van der Waals surface area contributed by atoms with Crippen LogP contribution in [-0.4, -0.2) is 11.5 Å². The van der Waals surface area contributed by atoms with Crippen molar-refractivity contribution in [1.29, 1.82) is 0 Å². The first-order valence-corrected chi connectivity index (χ1v) is 3.92. The molecule has 0 aromatic rings. The fourth-order valence-electron chi connectivity index (χ4n) is 0.682. The predicted molar refractivity (Wildman–Crippen MR) is 42.9 cm³/mol. The second-order valence-electron chi connectivity index (χ2n) is 2.61. The van der Waals surface area contributed by atoms with Crippen LogP contribution in [0.3, 0.4) is 0 Å². The minimum atomic E-state index is 0.333. The number of thiol groups is 1. The second-order valence-corrected chi connectivity index (χ2v) is 3.06. The second kappa shape index (κ2) is 4.86. The summed E-state index contributed by atoms with van der Waals surface area (Å²) < 4.78 is 0. The number of carbonyl (C=O) groups is 1. The molecular formula is C7H14OS. The normalized spacial score (nSPS) is 10.2. The van der Waals surface area contributed by atoms with Crippen molar-refractivity contribution in [3.63, 3.8) is 0 Å². The first-order valence-electron chi connectivity index (χ1n) is 3.29. The number of Topliss-reactive ketones (excluding diaryl/α,β-unsaturated/α-hetero) is 1. The predicted octanol–water partition coefficient (Wildman–Crippen LogP) is 1.92. The van der Waals surface area contributed by atoms with Crippen LogP contribution in [0.1, 0.15) is 26.7 Å². The van der Waals surface area contributed by atoms with E-state index in [0.717, 1.165) is 0 Å². The van der Waals surface area contributed by atoms with Crippen molar-refractivity contribution in [2.45, 2.75) is 26.7 Å². The third-order valence-corrected chi connectivity index (χ3v) is 1.25. The third kappa shape index (κ3) is 5.90. The Bertz CT molecular complexity index is 88.9. The van der Waals surface area contributed by atoms with Gasteiger partial charge in [0.25, 0.3) is 0 Å². The number of hydrogen-bond donors (Lipinski definition) is 1. The summed E-state index contributed by atoms with van der Waals surface area (Å²) in [5.74, 6) is 1.52. The molecule has 54 valence electrons. The lowest BCUT2D eigenvalue weighted by atomic mass is 10.1. The standard InChI is InChI=1S/C7H14OS/c1-6(2)5-7(8)3-4-9/h6,9H,3-5H2,1-2H3. The van der Waals surface area contributed by atoms with Crippen molar-refractivity contribution >= 4 is 18.4 Å². The van der Waals surface area contributed by atoms with Gasteiger partial charge in [0.1, 0.15) is 5.78 Å². The quantitative estimate of drug-likeness (QED) is 0.600. The highest BCUT2D eigenvalue weighted by atomic mass is 32.1. The van der Waals surface area contributed by atoms with E-state index in [-0.39, 0.29) is 0 Å². The molecule has 0 aromatic carbocycles. The van der Waals surface area contributed by atoms with E-state index in [9.17, 15) is 4.79 Å². The van der Waals surface area contributed by atoms with Crippen molar-refractivity contribution < 1.29 is 4.79 Å². The molecule has 0 atom stereocenters. The molecule has 0 heterocycles. The van der Waals surface area contributed by atoms with Gasteiger partial charge in [-0.05, 0) is 11.7 Å². The first-order chi connectivity index (χ1) is 4.16. The number of rotatable bonds is 4. The van der Waals surface area contributed by atoms with Crippen LogP contribution in [0, 0.1) is 5.92 Å². The van der Waals surface area contributed by atoms with Crippen LogP contribution in [0.15, 0.2) is 0 Å². The van der Waals surface area contributed by atoms with Crippen LogP contribution < -0.4 is 0 Å². The molecule has 0 N–H and O–H groups in total. The summed E-state index contributed by atoms with van der Waals surface area (Å²) in [5, 5.41) is 0. The average molecular weight is 146 g/mol. The van der Waals surface area contributed by atoms with Gasteiger partial charge < -0.3 is 0 Å². The monoisotopic (exact) mass is 146 g/mol. The van der Waals surface area contributed by atoms with Crippen LogP contribution in [0.25, 0.3) is 0 Å². The Labute approximate surface area is 62.2 Å². The van der Waals surface area contributed by atoms with E-state index < -0.39 is 0 Å². The minimum absolute atomic E-state index is 0.333. The maximum absolute atomic E-state index is 10.8.